The van der Waals surface area contributed by atoms with Crippen molar-refractivity contribution < 1.29 is 8.78 Å². The molecule has 1 fully saturated rings. The van der Waals surface area contributed by atoms with Crippen LogP contribution in [0.4, 0.5) is 8.78 Å². The van der Waals surface area contributed by atoms with Crippen LogP contribution in [-0.4, -0.2) is 50.6 Å². The van der Waals surface area contributed by atoms with Crippen LogP contribution in [0.15, 0.2) is 23.2 Å². The van der Waals surface area contributed by atoms with Gasteiger partial charge < -0.3 is 15.5 Å². The Morgan fingerprint density at radius 3 is 2.54 bits per heavy atom. The van der Waals surface area contributed by atoms with Gasteiger partial charge >= 0.3 is 0 Å². The molecule has 1 aromatic carbocycles. The highest BCUT2D eigenvalue weighted by Crippen LogP contribution is 2.19. The van der Waals surface area contributed by atoms with E-state index in [4.69, 9.17) is 0 Å². The Balaban J connectivity index is 0.00000338. The Labute approximate surface area is 172 Å². The van der Waals surface area contributed by atoms with E-state index in [2.05, 4.69) is 27.4 Å². The molecule has 1 saturated heterocycles. The van der Waals surface area contributed by atoms with Crippen LogP contribution in [0, 0.1) is 17.6 Å². The number of benzene rings is 1. The van der Waals surface area contributed by atoms with Gasteiger partial charge in [-0.25, -0.2) is 8.78 Å². The van der Waals surface area contributed by atoms with Crippen molar-refractivity contribution in [3.63, 3.8) is 0 Å². The first kappa shape index (κ1) is 23.1. The lowest BCUT2D eigenvalue weighted by molar-refractivity contribution is 0.187. The van der Waals surface area contributed by atoms with E-state index in [1.54, 1.807) is 7.05 Å². The largest absolute Gasteiger partial charge is 0.356 e. The maximum absolute atomic E-state index is 13.6. The SMILES string of the molecule is CCN1CCC(CCNC(=NC)NCCc2cc(F)ccc2F)CC1.I. The molecular formula is C19H31F2IN4. The highest BCUT2D eigenvalue weighted by molar-refractivity contribution is 14.0. The van der Waals surface area contributed by atoms with Gasteiger partial charge in [0.05, 0.1) is 0 Å². The molecule has 148 valence electrons. The molecule has 0 spiro atoms. The number of aliphatic imine (C=N–C) groups is 1. The zero-order chi connectivity index (χ0) is 18.1. The summed E-state index contributed by atoms with van der Waals surface area (Å²) in [6.45, 7) is 7.15. The highest BCUT2D eigenvalue weighted by atomic mass is 127. The molecule has 1 aliphatic rings. The lowest BCUT2D eigenvalue weighted by atomic mass is 9.93. The molecule has 0 atom stereocenters. The normalized spacial score (nSPS) is 16.2. The van der Waals surface area contributed by atoms with Crippen LogP contribution in [0.25, 0.3) is 0 Å². The summed E-state index contributed by atoms with van der Waals surface area (Å²) in [6, 6.07) is 3.55. The summed E-state index contributed by atoms with van der Waals surface area (Å²) < 4.78 is 26.8. The van der Waals surface area contributed by atoms with Crippen LogP contribution in [0.3, 0.4) is 0 Å². The van der Waals surface area contributed by atoms with Gasteiger partial charge in [0.2, 0.25) is 0 Å². The second-order valence-electron chi connectivity index (χ2n) is 6.58. The molecule has 1 aromatic rings. The molecule has 0 bridgehead atoms. The number of nitrogens with zero attached hydrogens (tertiary/aromatic N) is 2. The summed E-state index contributed by atoms with van der Waals surface area (Å²) in [7, 11) is 1.72. The van der Waals surface area contributed by atoms with Crippen molar-refractivity contribution in [1.29, 1.82) is 0 Å². The molecule has 0 aromatic heterocycles. The topological polar surface area (TPSA) is 39.7 Å². The highest BCUT2D eigenvalue weighted by Gasteiger charge is 2.17. The number of rotatable bonds is 7. The average molecular weight is 480 g/mol. The molecule has 0 saturated carbocycles. The van der Waals surface area contributed by atoms with Gasteiger partial charge in [-0.05, 0) is 75.0 Å². The third-order valence-corrected chi connectivity index (χ3v) is 4.92. The Morgan fingerprint density at radius 2 is 1.88 bits per heavy atom. The Bertz CT molecular complexity index is 560. The third kappa shape index (κ3) is 7.73. The van der Waals surface area contributed by atoms with Crippen molar-refractivity contribution >= 4 is 29.9 Å². The van der Waals surface area contributed by atoms with Gasteiger partial charge in [-0.1, -0.05) is 6.92 Å². The number of hydrogen-bond donors (Lipinski definition) is 2. The lowest BCUT2D eigenvalue weighted by Crippen LogP contribution is -2.40. The van der Waals surface area contributed by atoms with Crippen molar-refractivity contribution in [2.24, 2.45) is 10.9 Å². The second-order valence-corrected chi connectivity index (χ2v) is 6.58. The zero-order valence-electron chi connectivity index (χ0n) is 15.7. The molecule has 7 heteroatoms. The van der Waals surface area contributed by atoms with E-state index >= 15 is 0 Å². The van der Waals surface area contributed by atoms with Crippen LogP contribution in [0.1, 0.15) is 31.7 Å². The predicted octanol–water partition coefficient (Wildman–Crippen LogP) is 3.41. The summed E-state index contributed by atoms with van der Waals surface area (Å²) in [4.78, 5) is 6.68. The van der Waals surface area contributed by atoms with E-state index in [9.17, 15) is 8.78 Å². The van der Waals surface area contributed by atoms with E-state index in [1.807, 2.05) is 0 Å². The fourth-order valence-corrected chi connectivity index (χ4v) is 3.26. The van der Waals surface area contributed by atoms with Crippen molar-refractivity contribution in [2.75, 3.05) is 39.8 Å². The maximum atomic E-state index is 13.6. The summed E-state index contributed by atoms with van der Waals surface area (Å²) in [5.41, 5.74) is 0.380. The fraction of sp³-hybridized carbons (Fsp3) is 0.632. The summed E-state index contributed by atoms with van der Waals surface area (Å²) in [5, 5.41) is 6.47. The van der Waals surface area contributed by atoms with E-state index in [0.29, 0.717) is 24.5 Å². The lowest BCUT2D eigenvalue weighted by Gasteiger charge is -2.31. The average Bonchev–Trinajstić information content (AvgIpc) is 2.63. The molecular weight excluding hydrogens is 449 g/mol. The van der Waals surface area contributed by atoms with Crippen LogP contribution in [0.5, 0.6) is 0 Å². The third-order valence-electron chi connectivity index (χ3n) is 4.92. The molecule has 4 nitrogen and oxygen atoms in total. The van der Waals surface area contributed by atoms with Crippen LogP contribution < -0.4 is 10.6 Å². The Morgan fingerprint density at radius 1 is 1.19 bits per heavy atom. The minimum absolute atomic E-state index is 0. The van der Waals surface area contributed by atoms with Gasteiger partial charge in [-0.3, -0.25) is 4.99 Å². The fourth-order valence-electron chi connectivity index (χ4n) is 3.26. The summed E-state index contributed by atoms with van der Waals surface area (Å²) >= 11 is 0. The van der Waals surface area contributed by atoms with Gasteiger partial charge in [0.25, 0.3) is 0 Å². The van der Waals surface area contributed by atoms with Gasteiger partial charge in [-0.2, -0.15) is 0 Å². The smallest absolute Gasteiger partial charge is 0.190 e. The molecule has 0 amide bonds. The van der Waals surface area contributed by atoms with Gasteiger partial charge in [0.15, 0.2) is 5.96 Å². The van der Waals surface area contributed by atoms with Crippen LogP contribution in [0.2, 0.25) is 0 Å². The minimum atomic E-state index is -0.409. The summed E-state index contributed by atoms with van der Waals surface area (Å²) in [6.07, 6.45) is 4.08. The number of halogens is 3. The number of guanidine groups is 1. The standard InChI is InChI=1S/C19H30F2N4.HI/c1-3-25-12-8-15(9-13-25)6-10-23-19(22-2)24-11-7-16-14-17(20)4-5-18(16)21;/h4-5,14-15H,3,6-13H2,1-2H3,(H2,22,23,24);1H. The molecule has 26 heavy (non-hydrogen) atoms. The first-order chi connectivity index (χ1) is 12.1. The van der Waals surface area contributed by atoms with E-state index < -0.39 is 5.82 Å². The molecule has 1 aliphatic heterocycles. The number of nitrogens with one attached hydrogen (secondary N) is 2. The van der Waals surface area contributed by atoms with Crippen LogP contribution in [-0.2, 0) is 6.42 Å². The zero-order valence-corrected chi connectivity index (χ0v) is 18.1. The Kier molecular flexibility index (Phi) is 11.0. The molecule has 0 radical (unpaired) electrons. The number of hydrogen-bond acceptors (Lipinski definition) is 2. The quantitative estimate of drug-likeness (QED) is 0.357. The number of piperidine rings is 1. The maximum Gasteiger partial charge on any atom is 0.190 e. The van der Waals surface area contributed by atoms with Gasteiger partial charge in [-0.15, -0.1) is 24.0 Å². The summed E-state index contributed by atoms with van der Waals surface area (Å²) in [5.74, 6) is 0.704. The monoisotopic (exact) mass is 480 g/mol. The first-order valence-electron chi connectivity index (χ1n) is 9.23. The van der Waals surface area contributed by atoms with E-state index in [0.717, 1.165) is 31.5 Å². The van der Waals surface area contributed by atoms with Gasteiger partial charge in [0, 0.05) is 20.1 Å². The molecule has 2 rings (SSSR count). The number of likely N-dealkylation sites (tertiary alicyclic amines) is 1. The molecule has 2 N–H and O–H groups in total. The van der Waals surface area contributed by atoms with Crippen LogP contribution >= 0.6 is 24.0 Å². The predicted molar refractivity (Wildman–Crippen MR) is 114 cm³/mol. The molecule has 0 aliphatic carbocycles. The van der Waals surface area contributed by atoms with Crippen molar-refractivity contribution in [1.82, 2.24) is 15.5 Å². The minimum Gasteiger partial charge on any atom is -0.356 e. The molecule has 1 heterocycles. The van der Waals surface area contributed by atoms with Crippen molar-refractivity contribution in [3.8, 4) is 0 Å². The van der Waals surface area contributed by atoms with Crippen molar-refractivity contribution in [3.05, 3.63) is 35.4 Å². The second kappa shape index (κ2) is 12.4. The van der Waals surface area contributed by atoms with Crippen molar-refractivity contribution in [2.45, 2.75) is 32.6 Å². The van der Waals surface area contributed by atoms with E-state index in [1.165, 1.54) is 38.1 Å². The Hall–Kier alpha value is -0.960. The van der Waals surface area contributed by atoms with Gasteiger partial charge in [0.1, 0.15) is 11.6 Å². The molecule has 0 unspecified atom stereocenters. The first-order valence-corrected chi connectivity index (χ1v) is 9.23. The van der Waals surface area contributed by atoms with E-state index in [-0.39, 0.29) is 29.8 Å².